The van der Waals surface area contributed by atoms with Gasteiger partial charge in [-0.2, -0.15) is 0 Å². The first kappa shape index (κ1) is 14.5. The van der Waals surface area contributed by atoms with Crippen LogP contribution in [0.5, 0.6) is 0 Å². The molecular weight excluding hydrogens is 348 g/mol. The Morgan fingerprint density at radius 1 is 1.37 bits per heavy atom. The lowest BCUT2D eigenvalue weighted by atomic mass is 10.3. The highest BCUT2D eigenvalue weighted by molar-refractivity contribution is 9.10. The molecule has 0 saturated carbocycles. The lowest BCUT2D eigenvalue weighted by Crippen LogP contribution is -2.08. The molecule has 1 aromatic heterocycles. The minimum Gasteiger partial charge on any atom is -0.398 e. The Labute approximate surface area is 124 Å². The highest BCUT2D eigenvalue weighted by atomic mass is 79.9. The molecule has 102 valence electrons. The van der Waals surface area contributed by atoms with Gasteiger partial charge < -0.3 is 5.73 Å². The predicted molar refractivity (Wildman–Crippen MR) is 81.0 cm³/mol. The fourth-order valence-electron chi connectivity index (χ4n) is 1.62. The SMILES string of the molecule is Cc1nc(CS(=O)(=O)c2cc(Br)ccc2N)sc1C. The maximum Gasteiger partial charge on any atom is 0.186 e. The summed E-state index contributed by atoms with van der Waals surface area (Å²) in [6.07, 6.45) is 0. The zero-order valence-electron chi connectivity index (χ0n) is 10.5. The highest BCUT2D eigenvalue weighted by Crippen LogP contribution is 2.27. The molecule has 0 saturated heterocycles. The fourth-order valence-corrected chi connectivity index (χ4v) is 4.84. The van der Waals surface area contributed by atoms with Crippen molar-refractivity contribution in [3.05, 3.63) is 38.3 Å². The summed E-state index contributed by atoms with van der Waals surface area (Å²) in [5.41, 5.74) is 6.88. The number of nitrogens with two attached hydrogens (primary N) is 1. The van der Waals surface area contributed by atoms with Crippen molar-refractivity contribution in [3.63, 3.8) is 0 Å². The number of anilines is 1. The zero-order valence-corrected chi connectivity index (χ0v) is 13.7. The molecule has 0 aliphatic rings. The van der Waals surface area contributed by atoms with Crippen molar-refractivity contribution < 1.29 is 8.42 Å². The second-order valence-electron chi connectivity index (χ2n) is 4.19. The summed E-state index contributed by atoms with van der Waals surface area (Å²) in [7, 11) is -3.48. The summed E-state index contributed by atoms with van der Waals surface area (Å²) < 4.78 is 25.4. The standard InChI is InChI=1S/C12H13BrN2O2S2/c1-7-8(2)18-12(15-7)6-19(16,17)11-5-9(13)3-4-10(11)14/h3-5H,6,14H2,1-2H3. The second-order valence-corrected chi connectivity index (χ2v) is 8.35. The van der Waals surface area contributed by atoms with Crippen LogP contribution in [0, 0.1) is 13.8 Å². The molecule has 1 heterocycles. The van der Waals surface area contributed by atoms with E-state index in [2.05, 4.69) is 20.9 Å². The molecule has 4 nitrogen and oxygen atoms in total. The lowest BCUT2D eigenvalue weighted by Gasteiger charge is -2.06. The van der Waals surface area contributed by atoms with E-state index in [0.29, 0.717) is 9.48 Å². The number of nitrogen functional groups attached to an aromatic ring is 1. The van der Waals surface area contributed by atoms with E-state index >= 15 is 0 Å². The molecular formula is C12H13BrN2O2S2. The Hall–Kier alpha value is -0.920. The summed E-state index contributed by atoms with van der Waals surface area (Å²) in [6, 6.07) is 4.82. The first-order valence-electron chi connectivity index (χ1n) is 5.50. The van der Waals surface area contributed by atoms with Crippen LogP contribution in [0.2, 0.25) is 0 Å². The van der Waals surface area contributed by atoms with Crippen molar-refractivity contribution in [2.45, 2.75) is 24.5 Å². The third kappa shape index (κ3) is 3.16. The van der Waals surface area contributed by atoms with Gasteiger partial charge in [0.05, 0.1) is 16.3 Å². The number of rotatable bonds is 3. The molecule has 0 fully saturated rings. The third-order valence-electron chi connectivity index (χ3n) is 2.70. The van der Waals surface area contributed by atoms with Gasteiger partial charge in [0.25, 0.3) is 0 Å². The van der Waals surface area contributed by atoms with Gasteiger partial charge in [0, 0.05) is 9.35 Å². The van der Waals surface area contributed by atoms with Crippen molar-refractivity contribution in [2.24, 2.45) is 0 Å². The quantitative estimate of drug-likeness (QED) is 0.853. The summed E-state index contributed by atoms with van der Waals surface area (Å²) in [6.45, 7) is 3.80. The molecule has 2 rings (SSSR count). The van der Waals surface area contributed by atoms with E-state index < -0.39 is 9.84 Å². The van der Waals surface area contributed by atoms with Crippen molar-refractivity contribution in [2.75, 3.05) is 5.73 Å². The van der Waals surface area contributed by atoms with Crippen LogP contribution < -0.4 is 5.73 Å². The van der Waals surface area contributed by atoms with Gasteiger partial charge in [0.15, 0.2) is 9.84 Å². The highest BCUT2D eigenvalue weighted by Gasteiger charge is 2.21. The van der Waals surface area contributed by atoms with E-state index in [0.717, 1.165) is 10.6 Å². The molecule has 0 atom stereocenters. The van der Waals surface area contributed by atoms with E-state index in [9.17, 15) is 8.42 Å². The van der Waals surface area contributed by atoms with Crippen LogP contribution >= 0.6 is 27.3 Å². The van der Waals surface area contributed by atoms with Crippen molar-refractivity contribution in [3.8, 4) is 0 Å². The smallest absolute Gasteiger partial charge is 0.186 e. The van der Waals surface area contributed by atoms with E-state index in [1.54, 1.807) is 12.1 Å². The Morgan fingerprint density at radius 3 is 2.63 bits per heavy atom. The molecule has 0 aliphatic carbocycles. The van der Waals surface area contributed by atoms with E-state index in [1.165, 1.54) is 17.4 Å². The van der Waals surface area contributed by atoms with Crippen molar-refractivity contribution in [1.82, 2.24) is 4.98 Å². The van der Waals surface area contributed by atoms with Gasteiger partial charge in [-0.25, -0.2) is 13.4 Å². The first-order valence-corrected chi connectivity index (χ1v) is 8.76. The molecule has 2 N–H and O–H groups in total. The maximum atomic E-state index is 12.4. The third-order valence-corrected chi connectivity index (χ3v) is 6.12. The number of hydrogen-bond donors (Lipinski definition) is 1. The van der Waals surface area contributed by atoms with Crippen LogP contribution in [0.15, 0.2) is 27.6 Å². The average molecular weight is 361 g/mol. The number of sulfone groups is 1. The van der Waals surface area contributed by atoms with Crippen molar-refractivity contribution >= 4 is 42.8 Å². The Morgan fingerprint density at radius 2 is 2.05 bits per heavy atom. The number of halogens is 1. The van der Waals surface area contributed by atoms with Crippen LogP contribution in [0.25, 0.3) is 0 Å². The van der Waals surface area contributed by atoms with Crippen molar-refractivity contribution in [1.29, 1.82) is 0 Å². The number of aromatic nitrogens is 1. The lowest BCUT2D eigenvalue weighted by molar-refractivity contribution is 0.595. The zero-order chi connectivity index (χ0) is 14.2. The van der Waals surface area contributed by atoms with E-state index in [4.69, 9.17) is 5.73 Å². The molecule has 0 unspecified atom stereocenters. The van der Waals surface area contributed by atoms with Gasteiger partial charge in [-0.15, -0.1) is 11.3 Å². The van der Waals surface area contributed by atoms with E-state index in [-0.39, 0.29) is 16.3 Å². The molecule has 7 heteroatoms. The largest absolute Gasteiger partial charge is 0.398 e. The van der Waals surface area contributed by atoms with Gasteiger partial charge in [-0.1, -0.05) is 15.9 Å². The fraction of sp³-hybridized carbons (Fsp3) is 0.250. The molecule has 0 spiro atoms. The van der Waals surface area contributed by atoms with E-state index in [1.807, 2.05) is 13.8 Å². The monoisotopic (exact) mass is 360 g/mol. The Balaban J connectivity index is 2.40. The minimum atomic E-state index is -3.48. The Bertz CT molecular complexity index is 704. The van der Waals surface area contributed by atoms with Gasteiger partial charge in [0.1, 0.15) is 10.8 Å². The van der Waals surface area contributed by atoms with Gasteiger partial charge >= 0.3 is 0 Å². The topological polar surface area (TPSA) is 73.0 Å². The van der Waals surface area contributed by atoms with Crippen LogP contribution in [-0.4, -0.2) is 13.4 Å². The molecule has 0 amide bonds. The minimum absolute atomic E-state index is 0.118. The maximum absolute atomic E-state index is 12.4. The Kier molecular flexibility index (Phi) is 3.98. The number of thiazole rings is 1. The summed E-state index contributed by atoms with van der Waals surface area (Å²) >= 11 is 4.66. The second kappa shape index (κ2) is 5.22. The number of hydrogen-bond acceptors (Lipinski definition) is 5. The summed E-state index contributed by atoms with van der Waals surface area (Å²) in [4.78, 5) is 5.44. The van der Waals surface area contributed by atoms with Crippen LogP contribution in [0.4, 0.5) is 5.69 Å². The summed E-state index contributed by atoms with van der Waals surface area (Å²) in [5.74, 6) is -0.118. The molecule has 0 bridgehead atoms. The predicted octanol–water partition coefficient (Wildman–Crippen LogP) is 3.08. The normalized spacial score (nSPS) is 11.7. The van der Waals surface area contributed by atoms with Crippen LogP contribution in [0.1, 0.15) is 15.6 Å². The molecule has 19 heavy (non-hydrogen) atoms. The van der Waals surface area contributed by atoms with Gasteiger partial charge in [0.2, 0.25) is 0 Å². The number of aryl methyl sites for hydroxylation is 2. The summed E-state index contributed by atoms with van der Waals surface area (Å²) in [5, 5.41) is 0.592. The molecule has 2 aromatic rings. The molecule has 0 radical (unpaired) electrons. The van der Waals surface area contributed by atoms with Crippen LogP contribution in [-0.2, 0) is 15.6 Å². The molecule has 1 aromatic carbocycles. The van der Waals surface area contributed by atoms with Crippen LogP contribution in [0.3, 0.4) is 0 Å². The van der Waals surface area contributed by atoms with Gasteiger partial charge in [-0.3, -0.25) is 0 Å². The number of nitrogens with zero attached hydrogens (tertiary/aromatic N) is 1. The first-order chi connectivity index (χ1) is 8.79. The molecule has 0 aliphatic heterocycles. The average Bonchev–Trinajstić information content (AvgIpc) is 2.60. The van der Waals surface area contributed by atoms with Gasteiger partial charge in [-0.05, 0) is 32.0 Å². The number of benzene rings is 1.